The predicted octanol–water partition coefficient (Wildman–Crippen LogP) is 2.21. The Bertz CT molecular complexity index is 774. The molecule has 2 aromatic rings. The molecule has 1 amide bonds. The number of hydrogen-bond acceptors (Lipinski definition) is 6. The number of ether oxygens (including phenoxy) is 3. The van der Waals surface area contributed by atoms with Crippen LogP contribution in [-0.4, -0.2) is 38.8 Å². The molecule has 1 aromatic heterocycles. The van der Waals surface area contributed by atoms with E-state index in [9.17, 15) is 4.79 Å². The quantitative estimate of drug-likeness (QED) is 0.752. The molecule has 25 heavy (non-hydrogen) atoms. The van der Waals surface area contributed by atoms with E-state index in [4.69, 9.17) is 20.6 Å². The lowest BCUT2D eigenvalue weighted by atomic mass is 10.2. The molecule has 130 valence electrons. The average molecular weight is 341 g/mol. The van der Waals surface area contributed by atoms with Crippen molar-refractivity contribution in [3.05, 3.63) is 36.0 Å². The lowest BCUT2D eigenvalue weighted by molar-refractivity contribution is 0.0959. The molecule has 0 atom stereocenters. The van der Waals surface area contributed by atoms with Gasteiger partial charge < -0.3 is 24.8 Å². The Balaban J connectivity index is 2.37. The fourth-order valence-corrected chi connectivity index (χ4v) is 2.20. The van der Waals surface area contributed by atoms with Gasteiger partial charge in [0.25, 0.3) is 5.91 Å². The van der Waals surface area contributed by atoms with Crippen molar-refractivity contribution < 1.29 is 19.0 Å². The van der Waals surface area contributed by atoms with Gasteiger partial charge in [-0.25, -0.2) is 4.98 Å². The van der Waals surface area contributed by atoms with Crippen LogP contribution in [0.15, 0.2) is 30.5 Å². The molecule has 0 radical (unpaired) electrons. The minimum atomic E-state index is -0.319. The third-order valence-electron chi connectivity index (χ3n) is 3.33. The average Bonchev–Trinajstić information content (AvgIpc) is 2.65. The van der Waals surface area contributed by atoms with Gasteiger partial charge in [0.1, 0.15) is 5.82 Å². The molecule has 2 N–H and O–H groups in total. The third kappa shape index (κ3) is 4.12. The summed E-state index contributed by atoms with van der Waals surface area (Å²) in [5, 5.41) is 5.71. The lowest BCUT2D eigenvalue weighted by Gasteiger charge is -2.16. The van der Waals surface area contributed by atoms with Gasteiger partial charge in [0.05, 0.1) is 33.4 Å². The molecule has 7 nitrogen and oxygen atoms in total. The van der Waals surface area contributed by atoms with Crippen LogP contribution in [-0.2, 0) is 0 Å². The van der Waals surface area contributed by atoms with Crippen LogP contribution in [0.3, 0.4) is 0 Å². The molecule has 1 aromatic carbocycles. The van der Waals surface area contributed by atoms with Crippen molar-refractivity contribution in [2.75, 3.05) is 33.2 Å². The minimum Gasteiger partial charge on any atom is -0.493 e. The van der Waals surface area contributed by atoms with Crippen LogP contribution in [0.25, 0.3) is 0 Å². The van der Waals surface area contributed by atoms with Crippen LogP contribution in [0.4, 0.5) is 11.5 Å². The van der Waals surface area contributed by atoms with E-state index in [-0.39, 0.29) is 12.5 Å². The van der Waals surface area contributed by atoms with Gasteiger partial charge >= 0.3 is 0 Å². The Labute approximate surface area is 146 Å². The monoisotopic (exact) mass is 341 g/mol. The molecule has 0 aliphatic carbocycles. The number of terminal acetylenes is 1. The van der Waals surface area contributed by atoms with E-state index in [1.807, 2.05) is 0 Å². The molecule has 0 fully saturated rings. The molecule has 0 aliphatic rings. The number of pyridine rings is 1. The highest BCUT2D eigenvalue weighted by Crippen LogP contribution is 2.40. The summed E-state index contributed by atoms with van der Waals surface area (Å²) in [5.41, 5.74) is 0.991. The number of aromatic nitrogens is 1. The summed E-state index contributed by atoms with van der Waals surface area (Å²) in [6, 6.07) is 6.77. The Kier molecular flexibility index (Phi) is 6.07. The largest absolute Gasteiger partial charge is 0.493 e. The second-order valence-corrected chi connectivity index (χ2v) is 4.83. The molecule has 0 bridgehead atoms. The van der Waals surface area contributed by atoms with Gasteiger partial charge in [-0.15, -0.1) is 6.42 Å². The summed E-state index contributed by atoms with van der Waals surface area (Å²) in [5.74, 6) is 3.87. The SMILES string of the molecule is C#CCNC(=O)c1cccnc1Nc1cc(OC)c(OC)c(OC)c1. The van der Waals surface area contributed by atoms with E-state index < -0.39 is 0 Å². The standard InChI is InChI=1S/C18H19N3O4/c1-5-8-20-18(22)13-7-6-9-19-17(13)21-12-10-14(23-2)16(25-4)15(11-12)24-3/h1,6-7,9-11H,8H2,2-4H3,(H,19,21)(H,20,22). The number of nitrogens with zero attached hydrogens (tertiary/aromatic N) is 1. The molecule has 0 saturated carbocycles. The summed E-state index contributed by atoms with van der Waals surface area (Å²) < 4.78 is 15.9. The number of hydrogen-bond donors (Lipinski definition) is 2. The number of nitrogens with one attached hydrogen (secondary N) is 2. The van der Waals surface area contributed by atoms with Crippen LogP contribution in [0.5, 0.6) is 17.2 Å². The van der Waals surface area contributed by atoms with Crippen molar-refractivity contribution in [1.29, 1.82) is 0 Å². The first-order valence-electron chi connectivity index (χ1n) is 7.38. The molecule has 0 saturated heterocycles. The molecule has 7 heteroatoms. The number of anilines is 2. The maximum absolute atomic E-state index is 12.2. The summed E-state index contributed by atoms with van der Waals surface area (Å²) in [7, 11) is 4.58. The van der Waals surface area contributed by atoms with Gasteiger partial charge in [-0.05, 0) is 12.1 Å². The molecule has 1 heterocycles. The Hall–Kier alpha value is -3.40. The first kappa shape index (κ1) is 17.9. The zero-order valence-electron chi connectivity index (χ0n) is 14.3. The zero-order valence-corrected chi connectivity index (χ0v) is 14.3. The van der Waals surface area contributed by atoms with E-state index in [2.05, 4.69) is 21.5 Å². The third-order valence-corrected chi connectivity index (χ3v) is 3.33. The number of rotatable bonds is 7. The Morgan fingerprint density at radius 2 is 1.88 bits per heavy atom. The van der Waals surface area contributed by atoms with E-state index in [0.717, 1.165) is 0 Å². The van der Waals surface area contributed by atoms with Crippen molar-refractivity contribution in [3.8, 4) is 29.6 Å². The van der Waals surface area contributed by atoms with Crippen LogP contribution in [0, 0.1) is 12.3 Å². The molecule has 0 aliphatic heterocycles. The van der Waals surface area contributed by atoms with Gasteiger partial charge in [0.2, 0.25) is 5.75 Å². The first-order chi connectivity index (χ1) is 12.1. The van der Waals surface area contributed by atoms with Crippen molar-refractivity contribution in [2.45, 2.75) is 0 Å². The topological polar surface area (TPSA) is 81.7 Å². The van der Waals surface area contributed by atoms with Crippen molar-refractivity contribution in [2.24, 2.45) is 0 Å². The highest BCUT2D eigenvalue weighted by atomic mass is 16.5. The number of benzene rings is 1. The smallest absolute Gasteiger partial charge is 0.255 e. The number of amides is 1. The highest BCUT2D eigenvalue weighted by molar-refractivity contribution is 5.99. The second-order valence-electron chi connectivity index (χ2n) is 4.83. The van der Waals surface area contributed by atoms with Gasteiger partial charge in [0, 0.05) is 24.0 Å². The summed E-state index contributed by atoms with van der Waals surface area (Å²) in [6.07, 6.45) is 6.75. The van der Waals surface area contributed by atoms with E-state index in [1.54, 1.807) is 30.5 Å². The number of carbonyl (C=O) groups is 1. The fourth-order valence-electron chi connectivity index (χ4n) is 2.20. The number of carbonyl (C=O) groups excluding carboxylic acids is 1. The molecular weight excluding hydrogens is 322 g/mol. The van der Waals surface area contributed by atoms with Gasteiger partial charge in [-0.3, -0.25) is 4.79 Å². The maximum Gasteiger partial charge on any atom is 0.255 e. The van der Waals surface area contributed by atoms with Crippen LogP contribution in [0.1, 0.15) is 10.4 Å². The van der Waals surface area contributed by atoms with Gasteiger partial charge in [-0.2, -0.15) is 0 Å². The van der Waals surface area contributed by atoms with E-state index >= 15 is 0 Å². The van der Waals surface area contributed by atoms with Crippen molar-refractivity contribution in [1.82, 2.24) is 10.3 Å². The molecule has 0 unspecified atom stereocenters. The van der Waals surface area contributed by atoms with Gasteiger partial charge in [0.15, 0.2) is 11.5 Å². The van der Waals surface area contributed by atoms with E-state index in [0.29, 0.717) is 34.3 Å². The van der Waals surface area contributed by atoms with Crippen LogP contribution < -0.4 is 24.8 Å². The highest BCUT2D eigenvalue weighted by Gasteiger charge is 2.16. The zero-order chi connectivity index (χ0) is 18.2. The van der Waals surface area contributed by atoms with Crippen LogP contribution in [0.2, 0.25) is 0 Å². The normalized spacial score (nSPS) is 9.68. The van der Waals surface area contributed by atoms with Crippen molar-refractivity contribution in [3.63, 3.8) is 0 Å². The van der Waals surface area contributed by atoms with E-state index in [1.165, 1.54) is 21.3 Å². The second kappa shape index (κ2) is 8.45. The lowest BCUT2D eigenvalue weighted by Crippen LogP contribution is -2.24. The predicted molar refractivity (Wildman–Crippen MR) is 94.8 cm³/mol. The fraction of sp³-hybridized carbons (Fsp3) is 0.222. The summed E-state index contributed by atoms with van der Waals surface area (Å²) >= 11 is 0. The maximum atomic E-state index is 12.2. The van der Waals surface area contributed by atoms with Gasteiger partial charge in [-0.1, -0.05) is 5.92 Å². The number of methoxy groups -OCH3 is 3. The van der Waals surface area contributed by atoms with Crippen molar-refractivity contribution >= 4 is 17.4 Å². The minimum absolute atomic E-state index is 0.136. The Morgan fingerprint density at radius 3 is 2.44 bits per heavy atom. The van der Waals surface area contributed by atoms with Crippen LogP contribution >= 0.6 is 0 Å². The summed E-state index contributed by atoms with van der Waals surface area (Å²) in [6.45, 7) is 0.136. The molecule has 2 rings (SSSR count). The summed E-state index contributed by atoms with van der Waals surface area (Å²) in [4.78, 5) is 16.4. The Morgan fingerprint density at radius 1 is 1.20 bits per heavy atom. The molecular formula is C18H19N3O4. The molecule has 0 spiro atoms. The first-order valence-corrected chi connectivity index (χ1v) is 7.38.